The van der Waals surface area contributed by atoms with Crippen molar-refractivity contribution < 1.29 is 9.53 Å². The van der Waals surface area contributed by atoms with E-state index in [1.807, 2.05) is 67.6 Å². The van der Waals surface area contributed by atoms with Crippen LogP contribution in [-0.2, 0) is 5.54 Å². The van der Waals surface area contributed by atoms with Crippen LogP contribution in [0.3, 0.4) is 0 Å². The van der Waals surface area contributed by atoms with Crippen molar-refractivity contribution in [2.75, 3.05) is 25.5 Å². The number of amides is 1. The zero-order chi connectivity index (χ0) is 26.1. The second kappa shape index (κ2) is 9.90. The van der Waals surface area contributed by atoms with Gasteiger partial charge in [0.05, 0.1) is 11.6 Å². The number of carbonyl (C=O) groups is 1. The van der Waals surface area contributed by atoms with Gasteiger partial charge in [0.1, 0.15) is 11.9 Å². The van der Waals surface area contributed by atoms with Crippen molar-refractivity contribution in [2.45, 2.75) is 37.5 Å². The predicted octanol–water partition coefficient (Wildman–Crippen LogP) is 4.15. The Morgan fingerprint density at radius 1 is 1.08 bits per heavy atom. The molecule has 2 atom stereocenters. The SMILES string of the molecule is CC1Oc2ccccc2[C@@H]1NC(=O)c1cccc(NC2(c3nc(-c4ccncc4)n[nH]3)CCN(C)CC2)c1. The molecular formula is C29H31N7O2. The van der Waals surface area contributed by atoms with Crippen LogP contribution in [0.25, 0.3) is 11.4 Å². The van der Waals surface area contributed by atoms with Gasteiger partial charge >= 0.3 is 0 Å². The molecule has 4 aromatic rings. The smallest absolute Gasteiger partial charge is 0.251 e. The minimum absolute atomic E-state index is 0.136. The van der Waals surface area contributed by atoms with Gasteiger partial charge in [0, 0.05) is 47.9 Å². The Morgan fingerprint density at radius 2 is 1.87 bits per heavy atom. The van der Waals surface area contributed by atoms with Gasteiger partial charge in [0.25, 0.3) is 5.91 Å². The Morgan fingerprint density at radius 3 is 2.68 bits per heavy atom. The highest BCUT2D eigenvalue weighted by Gasteiger charge is 2.39. The van der Waals surface area contributed by atoms with Crippen molar-refractivity contribution in [1.82, 2.24) is 30.4 Å². The number of ether oxygens (including phenoxy) is 1. The molecule has 194 valence electrons. The number of aromatic nitrogens is 4. The summed E-state index contributed by atoms with van der Waals surface area (Å²) in [6.45, 7) is 3.80. The Bertz CT molecular complexity index is 1430. The molecule has 1 fully saturated rings. The highest BCUT2D eigenvalue weighted by Crippen LogP contribution is 2.37. The lowest BCUT2D eigenvalue weighted by atomic mass is 9.86. The number of H-pyrrole nitrogens is 1. The van der Waals surface area contributed by atoms with Crippen LogP contribution in [0.4, 0.5) is 5.69 Å². The van der Waals surface area contributed by atoms with Crippen molar-refractivity contribution in [1.29, 1.82) is 0 Å². The van der Waals surface area contributed by atoms with E-state index in [4.69, 9.17) is 9.72 Å². The molecule has 0 radical (unpaired) electrons. The van der Waals surface area contributed by atoms with E-state index in [9.17, 15) is 4.79 Å². The van der Waals surface area contributed by atoms with E-state index < -0.39 is 5.54 Å². The number of hydrogen-bond acceptors (Lipinski definition) is 7. The van der Waals surface area contributed by atoms with E-state index in [0.717, 1.165) is 54.3 Å². The Labute approximate surface area is 221 Å². The molecule has 38 heavy (non-hydrogen) atoms. The van der Waals surface area contributed by atoms with Crippen LogP contribution in [0.2, 0.25) is 0 Å². The third-order valence-electron chi connectivity index (χ3n) is 7.55. The van der Waals surface area contributed by atoms with Gasteiger partial charge in [-0.2, -0.15) is 5.10 Å². The molecule has 2 aliphatic rings. The van der Waals surface area contributed by atoms with Gasteiger partial charge in [-0.3, -0.25) is 14.9 Å². The molecule has 2 aromatic heterocycles. The van der Waals surface area contributed by atoms with E-state index in [0.29, 0.717) is 11.4 Å². The Hall–Kier alpha value is -4.24. The fourth-order valence-electron chi connectivity index (χ4n) is 5.33. The summed E-state index contributed by atoms with van der Waals surface area (Å²) >= 11 is 0. The summed E-state index contributed by atoms with van der Waals surface area (Å²) < 4.78 is 5.93. The van der Waals surface area contributed by atoms with Crippen LogP contribution in [0.1, 0.15) is 47.6 Å². The number of benzene rings is 2. The second-order valence-corrected chi connectivity index (χ2v) is 10.1. The van der Waals surface area contributed by atoms with Gasteiger partial charge < -0.3 is 20.3 Å². The summed E-state index contributed by atoms with van der Waals surface area (Å²) in [7, 11) is 2.13. The molecular weight excluding hydrogens is 478 g/mol. The van der Waals surface area contributed by atoms with Gasteiger partial charge in [-0.1, -0.05) is 24.3 Å². The van der Waals surface area contributed by atoms with E-state index in [1.165, 1.54) is 0 Å². The lowest BCUT2D eigenvalue weighted by molar-refractivity contribution is 0.0908. The number of para-hydroxylation sites is 1. The molecule has 2 aromatic carbocycles. The largest absolute Gasteiger partial charge is 0.488 e. The molecule has 6 rings (SSSR count). The number of carbonyl (C=O) groups excluding carboxylic acids is 1. The average Bonchev–Trinajstić information content (AvgIpc) is 3.56. The number of fused-ring (bicyclic) bond motifs is 1. The van der Waals surface area contributed by atoms with Crippen molar-refractivity contribution >= 4 is 11.6 Å². The van der Waals surface area contributed by atoms with Gasteiger partial charge in [-0.05, 0) is 63.2 Å². The molecule has 0 spiro atoms. The number of rotatable bonds is 6. The molecule has 4 heterocycles. The average molecular weight is 510 g/mol. The first-order valence-corrected chi connectivity index (χ1v) is 13.0. The lowest BCUT2D eigenvalue weighted by Crippen LogP contribution is -2.46. The van der Waals surface area contributed by atoms with Gasteiger partial charge in [0.2, 0.25) is 0 Å². The van der Waals surface area contributed by atoms with E-state index in [-0.39, 0.29) is 18.1 Å². The summed E-state index contributed by atoms with van der Waals surface area (Å²) in [6, 6.07) is 19.1. The molecule has 2 aliphatic heterocycles. The van der Waals surface area contributed by atoms with Gasteiger partial charge in [-0.25, -0.2) is 4.98 Å². The highest BCUT2D eigenvalue weighted by atomic mass is 16.5. The summed E-state index contributed by atoms with van der Waals surface area (Å²) in [4.78, 5) is 24.6. The van der Waals surface area contributed by atoms with E-state index in [2.05, 4.69) is 37.8 Å². The first-order chi connectivity index (χ1) is 18.5. The molecule has 9 nitrogen and oxygen atoms in total. The number of aromatic amines is 1. The van der Waals surface area contributed by atoms with Crippen LogP contribution in [0.5, 0.6) is 5.75 Å². The highest BCUT2D eigenvalue weighted by molar-refractivity contribution is 5.95. The lowest BCUT2D eigenvalue weighted by Gasteiger charge is -2.40. The third kappa shape index (κ3) is 4.61. The number of hydrogen-bond donors (Lipinski definition) is 3. The first-order valence-electron chi connectivity index (χ1n) is 13.0. The minimum Gasteiger partial charge on any atom is -0.488 e. The monoisotopic (exact) mass is 509 g/mol. The van der Waals surface area contributed by atoms with Crippen molar-refractivity contribution in [2.24, 2.45) is 0 Å². The standard InChI is InChI=1S/C29H31N7O2/c1-19-25(23-8-3-4-9-24(23)38-19)31-27(37)21-6-5-7-22(18-21)33-29(12-16-36(2)17-13-29)28-32-26(34-35-28)20-10-14-30-15-11-20/h3-11,14-15,18-19,25,33H,12-13,16-17H2,1-2H3,(H,31,37)(H,32,34,35)/t19?,25-/m1/s1. The fraction of sp³-hybridized carbons (Fsp3) is 0.310. The molecule has 1 amide bonds. The number of piperidine rings is 1. The van der Waals surface area contributed by atoms with E-state index >= 15 is 0 Å². The van der Waals surface area contributed by atoms with Crippen molar-refractivity contribution in [3.63, 3.8) is 0 Å². The molecule has 1 unspecified atom stereocenters. The minimum atomic E-state index is -0.438. The maximum absolute atomic E-state index is 13.3. The molecule has 0 bridgehead atoms. The van der Waals surface area contributed by atoms with Crippen LogP contribution < -0.4 is 15.4 Å². The van der Waals surface area contributed by atoms with Crippen LogP contribution >= 0.6 is 0 Å². The van der Waals surface area contributed by atoms with Crippen molar-refractivity contribution in [3.05, 3.63) is 90.0 Å². The zero-order valence-electron chi connectivity index (χ0n) is 21.5. The number of anilines is 1. The van der Waals surface area contributed by atoms with E-state index in [1.54, 1.807) is 12.4 Å². The first kappa shape index (κ1) is 24.1. The number of nitrogens with zero attached hydrogens (tertiary/aromatic N) is 4. The fourth-order valence-corrected chi connectivity index (χ4v) is 5.33. The molecule has 0 aliphatic carbocycles. The Balaban J connectivity index is 1.25. The number of nitrogens with one attached hydrogen (secondary N) is 3. The van der Waals surface area contributed by atoms with Crippen LogP contribution in [0.15, 0.2) is 73.1 Å². The molecule has 3 N–H and O–H groups in total. The second-order valence-electron chi connectivity index (χ2n) is 10.1. The topological polar surface area (TPSA) is 108 Å². The molecule has 1 saturated heterocycles. The zero-order valence-corrected chi connectivity index (χ0v) is 21.5. The van der Waals surface area contributed by atoms with Crippen LogP contribution in [-0.4, -0.2) is 57.2 Å². The summed E-state index contributed by atoms with van der Waals surface area (Å²) in [5.41, 5.74) is 2.93. The maximum atomic E-state index is 13.3. The molecule has 9 heteroatoms. The third-order valence-corrected chi connectivity index (χ3v) is 7.55. The summed E-state index contributed by atoms with van der Waals surface area (Å²) in [5.74, 6) is 2.12. The van der Waals surface area contributed by atoms with Gasteiger partial charge in [-0.15, -0.1) is 0 Å². The maximum Gasteiger partial charge on any atom is 0.251 e. The summed E-state index contributed by atoms with van der Waals surface area (Å²) in [6.07, 6.45) is 5.03. The van der Waals surface area contributed by atoms with Crippen LogP contribution in [0, 0.1) is 0 Å². The quantitative estimate of drug-likeness (QED) is 0.358. The van der Waals surface area contributed by atoms with Gasteiger partial charge in [0.15, 0.2) is 11.6 Å². The normalized spacial score (nSPS) is 20.4. The summed E-state index contributed by atoms with van der Waals surface area (Å²) in [5, 5.41) is 14.6. The Kier molecular flexibility index (Phi) is 6.29. The number of pyridine rings is 1. The predicted molar refractivity (Wildman–Crippen MR) is 145 cm³/mol. The van der Waals surface area contributed by atoms with Crippen molar-refractivity contribution in [3.8, 4) is 17.1 Å². The number of likely N-dealkylation sites (tertiary alicyclic amines) is 1. The molecule has 0 saturated carbocycles.